The summed E-state index contributed by atoms with van der Waals surface area (Å²) in [5.74, 6) is -0.875. The van der Waals surface area contributed by atoms with Gasteiger partial charge >= 0.3 is 12.1 Å². The molecule has 2 N–H and O–H groups in total. The van der Waals surface area contributed by atoms with Crippen molar-refractivity contribution in [1.82, 2.24) is 0 Å². The van der Waals surface area contributed by atoms with E-state index in [-0.39, 0.29) is 34.1 Å². The molecule has 0 radical (unpaired) electrons. The number of hydrogen-bond acceptors (Lipinski definition) is 5. The molecule has 0 saturated heterocycles. The van der Waals surface area contributed by atoms with Crippen LogP contribution in [0.5, 0.6) is 0 Å². The van der Waals surface area contributed by atoms with E-state index in [9.17, 15) is 22.8 Å². The highest BCUT2D eigenvalue weighted by Gasteiger charge is 2.32. The molecule has 0 aliphatic rings. The summed E-state index contributed by atoms with van der Waals surface area (Å²) in [6.07, 6.45) is -4.55. The van der Waals surface area contributed by atoms with Gasteiger partial charge in [-0.1, -0.05) is 30.3 Å². The van der Waals surface area contributed by atoms with Gasteiger partial charge in [0, 0.05) is 16.0 Å². The predicted octanol–water partition coefficient (Wildman–Crippen LogP) is 6.06. The Morgan fingerprint density at radius 2 is 1.73 bits per heavy atom. The summed E-state index contributed by atoms with van der Waals surface area (Å²) in [5, 5.41) is 0.129. The van der Waals surface area contributed by atoms with Crippen LogP contribution in [0, 0.1) is 0 Å². The number of benzene rings is 2. The van der Waals surface area contributed by atoms with Gasteiger partial charge in [0.1, 0.15) is 10.6 Å². The van der Waals surface area contributed by atoms with Crippen molar-refractivity contribution in [3.63, 3.8) is 0 Å². The molecule has 3 rings (SSSR count). The molecule has 1 aromatic heterocycles. The van der Waals surface area contributed by atoms with Gasteiger partial charge in [0.05, 0.1) is 12.2 Å². The Hall–Kier alpha value is -3.13. The number of alkyl halides is 3. The lowest BCUT2D eigenvalue weighted by Crippen LogP contribution is -2.08. The summed E-state index contributed by atoms with van der Waals surface area (Å²) in [4.78, 5) is 24.9. The van der Waals surface area contributed by atoms with E-state index in [1.807, 2.05) is 0 Å². The monoisotopic (exact) mass is 433 g/mol. The average Bonchev–Trinajstić information content (AvgIpc) is 3.05. The molecular weight excluding hydrogens is 415 g/mol. The van der Waals surface area contributed by atoms with Crippen LogP contribution < -0.4 is 5.73 Å². The van der Waals surface area contributed by atoms with Crippen molar-refractivity contribution in [2.24, 2.45) is 0 Å². The van der Waals surface area contributed by atoms with Crippen LogP contribution in [0.1, 0.15) is 40.1 Å². The van der Waals surface area contributed by atoms with Crippen molar-refractivity contribution < 1.29 is 27.5 Å². The molecule has 0 saturated carbocycles. The minimum atomic E-state index is -4.55. The number of nitrogen functional groups attached to an aromatic ring is 1. The number of esters is 1. The van der Waals surface area contributed by atoms with Gasteiger partial charge in [-0.3, -0.25) is 4.79 Å². The van der Waals surface area contributed by atoms with E-state index in [1.54, 1.807) is 31.2 Å². The van der Waals surface area contributed by atoms with Gasteiger partial charge in [-0.15, -0.1) is 11.3 Å². The highest BCUT2D eigenvalue weighted by molar-refractivity contribution is 7.20. The summed E-state index contributed by atoms with van der Waals surface area (Å²) >= 11 is 1.06. The van der Waals surface area contributed by atoms with Gasteiger partial charge in [-0.05, 0) is 43.2 Å². The fraction of sp³-hybridized carbons (Fsp3) is 0.182. The quantitative estimate of drug-likeness (QED) is 0.392. The molecule has 0 bridgehead atoms. The lowest BCUT2D eigenvalue weighted by molar-refractivity contribution is -0.137. The van der Waals surface area contributed by atoms with Crippen LogP contribution in [0.2, 0.25) is 0 Å². The van der Waals surface area contributed by atoms with E-state index in [0.29, 0.717) is 16.0 Å². The van der Waals surface area contributed by atoms with Gasteiger partial charge in [0.15, 0.2) is 5.78 Å². The molecular formula is C22H18F3NO3S. The van der Waals surface area contributed by atoms with E-state index in [0.717, 1.165) is 23.5 Å². The first-order chi connectivity index (χ1) is 14.1. The normalized spacial score (nSPS) is 11.4. The number of anilines is 1. The highest BCUT2D eigenvalue weighted by Crippen LogP contribution is 2.46. The zero-order valence-corrected chi connectivity index (χ0v) is 17.0. The summed E-state index contributed by atoms with van der Waals surface area (Å²) in [5.41, 5.74) is 6.72. The number of Topliss-reactive ketones (excluding diaryl/α,β-unsaturated/α-hetero) is 1. The number of carbonyl (C=O) groups excluding carboxylic acids is 2. The fourth-order valence-electron chi connectivity index (χ4n) is 3.06. The molecule has 4 nitrogen and oxygen atoms in total. The van der Waals surface area contributed by atoms with Gasteiger partial charge in [0.25, 0.3) is 0 Å². The second kappa shape index (κ2) is 8.31. The molecule has 0 amide bonds. The standard InChI is InChI=1S/C22H18F3NO3S/c1-3-29-21(28)18-17(14-7-5-9-16(11-14)22(23,24)25)19(30-20(18)26)15-8-4-6-13(10-15)12(2)27/h4-11H,3,26H2,1-2H3. The predicted molar refractivity (Wildman–Crippen MR) is 111 cm³/mol. The summed E-state index contributed by atoms with van der Waals surface area (Å²) < 4.78 is 44.9. The third kappa shape index (κ3) is 4.23. The first-order valence-corrected chi connectivity index (χ1v) is 9.83. The SMILES string of the molecule is CCOC(=O)c1c(N)sc(-c2cccc(C(C)=O)c2)c1-c1cccc(C(F)(F)F)c1. The molecule has 0 aliphatic heterocycles. The van der Waals surface area contributed by atoms with Gasteiger partial charge < -0.3 is 10.5 Å². The Morgan fingerprint density at radius 3 is 2.37 bits per heavy atom. The van der Waals surface area contributed by atoms with E-state index < -0.39 is 17.7 Å². The van der Waals surface area contributed by atoms with Crippen molar-refractivity contribution in [3.8, 4) is 21.6 Å². The van der Waals surface area contributed by atoms with Crippen LogP contribution >= 0.6 is 11.3 Å². The third-order valence-corrected chi connectivity index (χ3v) is 5.49. The summed E-state index contributed by atoms with van der Waals surface area (Å²) in [6.45, 7) is 3.13. The molecule has 1 heterocycles. The smallest absolute Gasteiger partial charge is 0.416 e. The zero-order valence-electron chi connectivity index (χ0n) is 16.2. The number of ether oxygens (including phenoxy) is 1. The lowest BCUT2D eigenvalue weighted by Gasteiger charge is -2.12. The minimum Gasteiger partial charge on any atom is -0.462 e. The molecule has 0 unspecified atom stereocenters. The number of hydrogen-bond donors (Lipinski definition) is 1. The summed E-state index contributed by atoms with van der Waals surface area (Å²) in [6, 6.07) is 11.3. The molecule has 2 aromatic carbocycles. The van der Waals surface area contributed by atoms with Crippen molar-refractivity contribution in [2.75, 3.05) is 12.3 Å². The topological polar surface area (TPSA) is 69.4 Å². The first kappa shape index (κ1) is 21.6. The van der Waals surface area contributed by atoms with Crippen LogP contribution in [0.4, 0.5) is 18.2 Å². The number of ketones is 1. The van der Waals surface area contributed by atoms with Crippen LogP contribution in [-0.4, -0.2) is 18.4 Å². The third-order valence-electron chi connectivity index (χ3n) is 4.42. The highest BCUT2D eigenvalue weighted by atomic mass is 32.1. The van der Waals surface area contributed by atoms with Crippen molar-refractivity contribution >= 4 is 28.1 Å². The molecule has 0 atom stereocenters. The maximum Gasteiger partial charge on any atom is 0.416 e. The maximum absolute atomic E-state index is 13.3. The van der Waals surface area contributed by atoms with Crippen molar-refractivity contribution in [3.05, 3.63) is 65.2 Å². The Bertz CT molecular complexity index is 1120. The van der Waals surface area contributed by atoms with Crippen LogP contribution in [0.25, 0.3) is 21.6 Å². The zero-order chi connectivity index (χ0) is 22.1. The first-order valence-electron chi connectivity index (χ1n) is 9.01. The average molecular weight is 433 g/mol. The Kier molecular flexibility index (Phi) is 5.98. The Balaban J connectivity index is 2.30. The summed E-state index contributed by atoms with van der Waals surface area (Å²) in [7, 11) is 0. The van der Waals surface area contributed by atoms with Crippen molar-refractivity contribution in [2.45, 2.75) is 20.0 Å². The van der Waals surface area contributed by atoms with E-state index in [4.69, 9.17) is 10.5 Å². The second-order valence-electron chi connectivity index (χ2n) is 6.48. The van der Waals surface area contributed by atoms with Crippen LogP contribution in [-0.2, 0) is 10.9 Å². The molecule has 0 fully saturated rings. The molecule has 0 aliphatic carbocycles. The van der Waals surface area contributed by atoms with Crippen LogP contribution in [0.15, 0.2) is 48.5 Å². The lowest BCUT2D eigenvalue weighted by atomic mass is 9.95. The van der Waals surface area contributed by atoms with Gasteiger partial charge in [-0.25, -0.2) is 4.79 Å². The maximum atomic E-state index is 13.3. The van der Waals surface area contributed by atoms with Crippen LogP contribution in [0.3, 0.4) is 0 Å². The second-order valence-corrected chi connectivity index (χ2v) is 7.53. The number of rotatable bonds is 5. The van der Waals surface area contributed by atoms with E-state index in [2.05, 4.69) is 0 Å². The Morgan fingerprint density at radius 1 is 1.07 bits per heavy atom. The van der Waals surface area contributed by atoms with Gasteiger partial charge in [-0.2, -0.15) is 13.2 Å². The van der Waals surface area contributed by atoms with E-state index in [1.165, 1.54) is 19.1 Å². The molecule has 3 aromatic rings. The molecule has 156 valence electrons. The largest absolute Gasteiger partial charge is 0.462 e. The number of nitrogens with two attached hydrogens (primary N) is 1. The molecule has 30 heavy (non-hydrogen) atoms. The van der Waals surface area contributed by atoms with Gasteiger partial charge in [0.2, 0.25) is 0 Å². The fourth-order valence-corrected chi connectivity index (χ4v) is 4.14. The Labute approximate surface area is 175 Å². The molecule has 0 spiro atoms. The number of carbonyl (C=O) groups is 2. The van der Waals surface area contributed by atoms with E-state index >= 15 is 0 Å². The molecule has 8 heteroatoms. The minimum absolute atomic E-state index is 0.0180. The number of halogens is 3. The van der Waals surface area contributed by atoms with Crippen molar-refractivity contribution in [1.29, 1.82) is 0 Å². The number of thiophene rings is 1.